The van der Waals surface area contributed by atoms with Gasteiger partial charge in [0.1, 0.15) is 18.4 Å². The molecule has 1 aromatic carbocycles. The third-order valence-corrected chi connectivity index (χ3v) is 5.19. The predicted molar refractivity (Wildman–Crippen MR) is 93.7 cm³/mol. The lowest BCUT2D eigenvalue weighted by Gasteiger charge is -2.26. The highest BCUT2D eigenvalue weighted by molar-refractivity contribution is 6.30. The lowest BCUT2D eigenvalue weighted by molar-refractivity contribution is 0.0871. The first kappa shape index (κ1) is 17.5. The van der Waals surface area contributed by atoms with E-state index in [1.165, 1.54) is 6.33 Å². The van der Waals surface area contributed by atoms with Crippen LogP contribution in [0.1, 0.15) is 38.1 Å². The van der Waals surface area contributed by atoms with Gasteiger partial charge in [-0.05, 0) is 50.3 Å². The summed E-state index contributed by atoms with van der Waals surface area (Å²) in [6.07, 6.45) is 6.74. The Labute approximate surface area is 151 Å². The quantitative estimate of drug-likeness (QED) is 0.538. The summed E-state index contributed by atoms with van der Waals surface area (Å²) >= 11 is 12.3. The molecule has 0 radical (unpaired) electrons. The molecule has 0 amide bonds. The average molecular weight is 370 g/mol. The molecule has 2 aromatic rings. The Hall–Kier alpha value is -1.30. The summed E-state index contributed by atoms with van der Waals surface area (Å²) in [7, 11) is 0. The Kier molecular flexibility index (Phi) is 5.64. The smallest absolute Gasteiger partial charge is 0.137 e. The number of halogens is 2. The molecule has 0 bridgehead atoms. The Morgan fingerprint density at radius 1 is 1.33 bits per heavy atom. The number of benzene rings is 1. The molecule has 1 heterocycles. The van der Waals surface area contributed by atoms with Crippen molar-refractivity contribution < 1.29 is 9.84 Å². The van der Waals surface area contributed by atoms with Crippen LogP contribution in [0.15, 0.2) is 36.9 Å². The average Bonchev–Trinajstić information content (AvgIpc) is 3.10. The van der Waals surface area contributed by atoms with E-state index in [2.05, 4.69) is 10.1 Å². The standard InChI is InChI=1S/C17H21Cl2N3O2/c18-13-4-3-5-14(10-13)24-9-2-1-6-15(22-12-20-11-21-22)16(23)17(19)7-8-17/h3-5,10-12,15-16,23H,1-2,6-9H2. The molecular weight excluding hydrogens is 349 g/mol. The van der Waals surface area contributed by atoms with E-state index < -0.39 is 11.0 Å². The molecule has 7 heteroatoms. The van der Waals surface area contributed by atoms with E-state index in [1.54, 1.807) is 17.1 Å². The van der Waals surface area contributed by atoms with E-state index in [4.69, 9.17) is 27.9 Å². The van der Waals surface area contributed by atoms with Gasteiger partial charge in [0.15, 0.2) is 0 Å². The van der Waals surface area contributed by atoms with Crippen molar-refractivity contribution in [1.29, 1.82) is 0 Å². The molecule has 130 valence electrons. The fourth-order valence-electron chi connectivity index (χ4n) is 2.79. The zero-order chi connectivity index (χ0) is 17.0. The minimum atomic E-state index is -0.616. The molecule has 2 atom stereocenters. The fourth-order valence-corrected chi connectivity index (χ4v) is 3.21. The number of nitrogens with zero attached hydrogens (tertiary/aromatic N) is 3. The van der Waals surface area contributed by atoms with Gasteiger partial charge in [0.2, 0.25) is 0 Å². The van der Waals surface area contributed by atoms with Crippen molar-refractivity contribution in [3.05, 3.63) is 41.9 Å². The van der Waals surface area contributed by atoms with E-state index in [-0.39, 0.29) is 6.04 Å². The van der Waals surface area contributed by atoms with Gasteiger partial charge < -0.3 is 9.84 Å². The van der Waals surface area contributed by atoms with Gasteiger partial charge in [0.25, 0.3) is 0 Å². The van der Waals surface area contributed by atoms with Crippen LogP contribution in [0.5, 0.6) is 5.75 Å². The molecule has 1 N–H and O–H groups in total. The van der Waals surface area contributed by atoms with Crippen LogP contribution in [0, 0.1) is 0 Å². The Balaban J connectivity index is 1.47. The maximum Gasteiger partial charge on any atom is 0.137 e. The summed E-state index contributed by atoms with van der Waals surface area (Å²) in [6, 6.07) is 7.22. The molecule has 1 fully saturated rings. The summed E-state index contributed by atoms with van der Waals surface area (Å²) in [4.78, 5) is 3.49. The van der Waals surface area contributed by atoms with Gasteiger partial charge in [-0.3, -0.25) is 0 Å². The van der Waals surface area contributed by atoms with Crippen molar-refractivity contribution in [2.75, 3.05) is 6.61 Å². The van der Waals surface area contributed by atoms with Gasteiger partial charge in [-0.25, -0.2) is 9.67 Å². The molecular formula is C17H21Cl2N3O2. The fraction of sp³-hybridized carbons (Fsp3) is 0.529. The Bertz CT molecular complexity index is 647. The lowest BCUT2D eigenvalue weighted by Crippen LogP contribution is -2.34. The topological polar surface area (TPSA) is 60.2 Å². The summed E-state index contributed by atoms with van der Waals surface area (Å²) < 4.78 is 7.40. The minimum Gasteiger partial charge on any atom is -0.494 e. The zero-order valence-corrected chi connectivity index (χ0v) is 14.8. The van der Waals surface area contributed by atoms with Gasteiger partial charge in [0, 0.05) is 5.02 Å². The molecule has 1 aromatic heterocycles. The van der Waals surface area contributed by atoms with Crippen molar-refractivity contribution in [2.45, 2.75) is 49.1 Å². The second-order valence-electron chi connectivity index (χ2n) is 6.22. The van der Waals surface area contributed by atoms with Crippen LogP contribution < -0.4 is 4.74 Å². The van der Waals surface area contributed by atoms with Crippen LogP contribution in [-0.4, -0.2) is 37.5 Å². The Morgan fingerprint density at radius 3 is 2.83 bits per heavy atom. The van der Waals surface area contributed by atoms with E-state index in [9.17, 15) is 5.11 Å². The first-order valence-corrected chi connectivity index (χ1v) is 8.93. The van der Waals surface area contributed by atoms with Crippen molar-refractivity contribution in [1.82, 2.24) is 14.8 Å². The molecule has 1 saturated carbocycles. The summed E-state index contributed by atoms with van der Waals surface area (Å²) in [5.41, 5.74) is 0. The molecule has 0 spiro atoms. The maximum atomic E-state index is 10.6. The normalized spacial score (nSPS) is 18.1. The van der Waals surface area contributed by atoms with E-state index in [0.717, 1.165) is 37.9 Å². The van der Waals surface area contributed by atoms with Crippen LogP contribution in [0.2, 0.25) is 5.02 Å². The van der Waals surface area contributed by atoms with Gasteiger partial charge in [-0.1, -0.05) is 17.7 Å². The second-order valence-corrected chi connectivity index (χ2v) is 7.41. The SMILES string of the molecule is OC(C(CCCCOc1cccc(Cl)c1)n1cncn1)C1(Cl)CC1. The number of alkyl halides is 1. The van der Waals surface area contributed by atoms with Crippen LogP contribution in [0.25, 0.3) is 0 Å². The number of ether oxygens (including phenoxy) is 1. The van der Waals surface area contributed by atoms with Gasteiger partial charge in [-0.15, -0.1) is 11.6 Å². The summed E-state index contributed by atoms with van der Waals surface area (Å²) in [5.74, 6) is 0.771. The Morgan fingerprint density at radius 2 is 2.17 bits per heavy atom. The van der Waals surface area contributed by atoms with Gasteiger partial charge >= 0.3 is 0 Å². The molecule has 3 rings (SSSR count). The lowest BCUT2D eigenvalue weighted by atomic mass is 10.0. The zero-order valence-electron chi connectivity index (χ0n) is 13.3. The first-order valence-electron chi connectivity index (χ1n) is 8.18. The monoisotopic (exact) mass is 369 g/mol. The van der Waals surface area contributed by atoms with E-state index >= 15 is 0 Å². The maximum absolute atomic E-state index is 10.6. The van der Waals surface area contributed by atoms with Gasteiger partial charge in [-0.2, -0.15) is 5.10 Å². The summed E-state index contributed by atoms with van der Waals surface area (Å²) in [6.45, 7) is 0.604. The number of unbranched alkanes of at least 4 members (excludes halogenated alkanes) is 1. The third-order valence-electron chi connectivity index (χ3n) is 4.36. The van der Waals surface area contributed by atoms with E-state index in [0.29, 0.717) is 11.6 Å². The molecule has 5 nitrogen and oxygen atoms in total. The minimum absolute atomic E-state index is 0.154. The van der Waals surface area contributed by atoms with Crippen molar-refractivity contribution in [2.24, 2.45) is 0 Å². The van der Waals surface area contributed by atoms with Crippen LogP contribution in [0.3, 0.4) is 0 Å². The molecule has 0 saturated heterocycles. The number of aliphatic hydroxyl groups excluding tert-OH is 1. The number of hydrogen-bond acceptors (Lipinski definition) is 4. The van der Waals surface area contributed by atoms with Gasteiger partial charge in [0.05, 0.1) is 23.6 Å². The van der Waals surface area contributed by atoms with Crippen LogP contribution >= 0.6 is 23.2 Å². The molecule has 0 aliphatic heterocycles. The highest BCUT2D eigenvalue weighted by Gasteiger charge is 2.50. The second kappa shape index (κ2) is 7.72. The number of aliphatic hydroxyl groups is 1. The third kappa shape index (κ3) is 4.41. The molecule has 24 heavy (non-hydrogen) atoms. The van der Waals surface area contributed by atoms with Crippen LogP contribution in [-0.2, 0) is 0 Å². The molecule has 2 unspecified atom stereocenters. The highest BCUT2D eigenvalue weighted by atomic mass is 35.5. The van der Waals surface area contributed by atoms with Crippen molar-refractivity contribution >= 4 is 23.2 Å². The number of aromatic nitrogens is 3. The first-order chi connectivity index (χ1) is 11.6. The number of hydrogen-bond donors (Lipinski definition) is 1. The van der Waals surface area contributed by atoms with Crippen LogP contribution in [0.4, 0.5) is 0 Å². The highest BCUT2D eigenvalue weighted by Crippen LogP contribution is 2.49. The summed E-state index contributed by atoms with van der Waals surface area (Å²) in [5, 5.41) is 15.4. The molecule has 1 aliphatic rings. The number of rotatable bonds is 9. The van der Waals surface area contributed by atoms with Crippen molar-refractivity contribution in [3.8, 4) is 5.75 Å². The van der Waals surface area contributed by atoms with E-state index in [1.807, 2.05) is 18.2 Å². The van der Waals surface area contributed by atoms with Crippen molar-refractivity contribution in [3.63, 3.8) is 0 Å². The predicted octanol–water partition coefficient (Wildman–Crippen LogP) is 3.85. The molecule has 1 aliphatic carbocycles. The largest absolute Gasteiger partial charge is 0.494 e.